The van der Waals surface area contributed by atoms with Crippen LogP contribution in [0.3, 0.4) is 0 Å². The summed E-state index contributed by atoms with van der Waals surface area (Å²) in [5.74, 6) is 0.291. The first-order chi connectivity index (χ1) is 16.2. The van der Waals surface area contributed by atoms with Crippen LogP contribution >= 0.6 is 0 Å². The molecule has 1 aliphatic heterocycles. The van der Waals surface area contributed by atoms with Gasteiger partial charge in [-0.1, -0.05) is 32.9 Å². The summed E-state index contributed by atoms with van der Waals surface area (Å²) in [7, 11) is 1.61. The molecule has 2 aromatic rings. The van der Waals surface area contributed by atoms with Gasteiger partial charge in [0.25, 0.3) is 11.8 Å². The fourth-order valence-corrected chi connectivity index (χ4v) is 3.70. The van der Waals surface area contributed by atoms with Crippen LogP contribution in [0.1, 0.15) is 67.1 Å². The van der Waals surface area contributed by atoms with E-state index in [0.717, 1.165) is 24.2 Å². The van der Waals surface area contributed by atoms with Crippen molar-refractivity contribution in [3.8, 4) is 5.75 Å². The Hall–Kier alpha value is -3.36. The van der Waals surface area contributed by atoms with Gasteiger partial charge in [-0.25, -0.2) is 0 Å². The van der Waals surface area contributed by atoms with Crippen LogP contribution in [-0.4, -0.2) is 58.1 Å². The maximum atomic E-state index is 13.0. The summed E-state index contributed by atoms with van der Waals surface area (Å²) >= 11 is 0. The molecule has 1 unspecified atom stereocenters. The number of hydrogen-bond donors (Lipinski definition) is 2. The van der Waals surface area contributed by atoms with Crippen molar-refractivity contribution in [3.05, 3.63) is 47.3 Å². The molecule has 0 aliphatic carbocycles. The van der Waals surface area contributed by atoms with E-state index in [2.05, 4.69) is 29.6 Å². The minimum atomic E-state index is -1.09. The summed E-state index contributed by atoms with van der Waals surface area (Å²) in [5, 5.41) is 10.1. The highest BCUT2D eigenvalue weighted by atomic mass is 16.5. The number of benzene rings is 1. The third-order valence-corrected chi connectivity index (χ3v) is 6.08. The molecular weight excluding hydrogens is 434 g/mol. The average Bonchev–Trinajstić information content (AvgIpc) is 3.24. The van der Waals surface area contributed by atoms with Crippen LogP contribution in [0.15, 0.2) is 30.3 Å². The molecular formula is C25H35N5O4. The van der Waals surface area contributed by atoms with Gasteiger partial charge in [0.15, 0.2) is 5.69 Å². The fourth-order valence-electron chi connectivity index (χ4n) is 3.70. The number of rotatable bonds is 10. The smallest absolute Gasteiger partial charge is 0.272 e. The number of nitrogens with one attached hydrogen (secondary N) is 2. The number of aromatic nitrogens is 2. The SMILES string of the molecule is CCCOc1ccc(CNC(=O)c2cc3n(n2)CC(C)(C(=O)NCCC(C)C)N(C)C3=O)cc1. The second kappa shape index (κ2) is 10.7. The van der Waals surface area contributed by atoms with Crippen LogP contribution in [0.25, 0.3) is 0 Å². The van der Waals surface area contributed by atoms with E-state index in [9.17, 15) is 14.4 Å². The van der Waals surface area contributed by atoms with Gasteiger partial charge in [0.05, 0.1) is 13.2 Å². The van der Waals surface area contributed by atoms with Crippen molar-refractivity contribution >= 4 is 17.7 Å². The van der Waals surface area contributed by atoms with Gasteiger partial charge in [0.1, 0.15) is 17.0 Å². The Morgan fingerprint density at radius 2 is 1.91 bits per heavy atom. The molecule has 0 fully saturated rings. The highest BCUT2D eigenvalue weighted by molar-refractivity contribution is 6.01. The van der Waals surface area contributed by atoms with E-state index < -0.39 is 5.54 Å². The molecule has 34 heavy (non-hydrogen) atoms. The number of carbonyl (C=O) groups is 3. The van der Waals surface area contributed by atoms with Crippen LogP contribution in [0.4, 0.5) is 0 Å². The first kappa shape index (κ1) is 25.3. The number of amides is 3. The maximum absolute atomic E-state index is 13.0. The zero-order chi connectivity index (χ0) is 24.9. The van der Waals surface area contributed by atoms with Crippen LogP contribution in [0.5, 0.6) is 5.75 Å². The summed E-state index contributed by atoms with van der Waals surface area (Å²) in [4.78, 5) is 40.0. The average molecular weight is 470 g/mol. The molecule has 1 aromatic carbocycles. The summed E-state index contributed by atoms with van der Waals surface area (Å²) in [5.41, 5.74) is 0.256. The van der Waals surface area contributed by atoms with Crippen LogP contribution in [-0.2, 0) is 17.9 Å². The minimum absolute atomic E-state index is 0.143. The van der Waals surface area contributed by atoms with Gasteiger partial charge in [-0.2, -0.15) is 5.10 Å². The van der Waals surface area contributed by atoms with E-state index in [1.165, 1.54) is 15.6 Å². The lowest BCUT2D eigenvalue weighted by atomic mass is 9.95. The Bertz CT molecular complexity index is 1030. The van der Waals surface area contributed by atoms with Crippen molar-refractivity contribution in [3.63, 3.8) is 0 Å². The zero-order valence-corrected chi connectivity index (χ0v) is 20.7. The lowest BCUT2D eigenvalue weighted by molar-refractivity contribution is -0.132. The molecule has 184 valence electrons. The fraction of sp³-hybridized carbons (Fsp3) is 0.520. The Balaban J connectivity index is 1.66. The molecule has 0 radical (unpaired) electrons. The van der Waals surface area contributed by atoms with Crippen LogP contribution in [0.2, 0.25) is 0 Å². The summed E-state index contributed by atoms with van der Waals surface area (Å²) < 4.78 is 7.03. The van der Waals surface area contributed by atoms with Gasteiger partial charge in [-0.15, -0.1) is 0 Å². The topological polar surface area (TPSA) is 106 Å². The number of nitrogens with zero attached hydrogens (tertiary/aromatic N) is 3. The van der Waals surface area contributed by atoms with E-state index in [4.69, 9.17) is 4.74 Å². The van der Waals surface area contributed by atoms with E-state index in [0.29, 0.717) is 25.6 Å². The van der Waals surface area contributed by atoms with E-state index in [1.807, 2.05) is 31.2 Å². The van der Waals surface area contributed by atoms with E-state index in [1.54, 1.807) is 14.0 Å². The molecule has 3 amide bonds. The molecule has 9 heteroatoms. The molecule has 2 N–H and O–H groups in total. The predicted octanol–water partition coefficient (Wildman–Crippen LogP) is 2.61. The van der Waals surface area contributed by atoms with Gasteiger partial charge in [-0.3, -0.25) is 19.1 Å². The third kappa shape index (κ3) is 5.58. The predicted molar refractivity (Wildman–Crippen MR) is 129 cm³/mol. The minimum Gasteiger partial charge on any atom is -0.494 e. The normalized spacial score (nSPS) is 17.5. The second-order valence-electron chi connectivity index (χ2n) is 9.32. The van der Waals surface area contributed by atoms with Crippen molar-refractivity contribution < 1.29 is 19.1 Å². The Labute approximate surface area is 200 Å². The molecule has 9 nitrogen and oxygen atoms in total. The molecule has 1 aromatic heterocycles. The highest BCUT2D eigenvalue weighted by Gasteiger charge is 2.46. The monoisotopic (exact) mass is 469 g/mol. The maximum Gasteiger partial charge on any atom is 0.272 e. The number of hydrogen-bond acceptors (Lipinski definition) is 5. The van der Waals surface area contributed by atoms with Crippen LogP contribution < -0.4 is 15.4 Å². The largest absolute Gasteiger partial charge is 0.494 e. The summed E-state index contributed by atoms with van der Waals surface area (Å²) in [6, 6.07) is 9.00. The first-order valence-corrected chi connectivity index (χ1v) is 11.8. The van der Waals surface area contributed by atoms with Gasteiger partial charge < -0.3 is 20.3 Å². The van der Waals surface area contributed by atoms with Gasteiger partial charge >= 0.3 is 0 Å². The van der Waals surface area contributed by atoms with E-state index in [-0.39, 0.29) is 35.7 Å². The standard InChI is InChI=1S/C25H35N5O4/c1-6-13-34-19-9-7-18(8-10-19)15-27-22(31)20-14-21-23(32)29(5)25(4,16-30(21)28-20)24(33)26-12-11-17(2)3/h7-10,14,17H,6,11-13,15-16H2,1-5H3,(H,26,33)(H,27,31). The second-order valence-corrected chi connectivity index (χ2v) is 9.32. The highest BCUT2D eigenvalue weighted by Crippen LogP contribution is 2.26. The van der Waals surface area contributed by atoms with Crippen molar-refractivity contribution in [1.82, 2.24) is 25.3 Å². The molecule has 1 aliphatic rings. The van der Waals surface area contributed by atoms with Gasteiger partial charge in [0, 0.05) is 26.2 Å². The lowest BCUT2D eigenvalue weighted by Crippen LogP contribution is -2.62. The quantitative estimate of drug-likeness (QED) is 0.557. The van der Waals surface area contributed by atoms with Crippen molar-refractivity contribution in [2.75, 3.05) is 20.2 Å². The Morgan fingerprint density at radius 3 is 2.56 bits per heavy atom. The molecule has 0 saturated carbocycles. The number of ether oxygens (including phenoxy) is 1. The molecule has 0 saturated heterocycles. The van der Waals surface area contributed by atoms with Crippen molar-refractivity contribution in [2.45, 2.75) is 59.2 Å². The van der Waals surface area contributed by atoms with E-state index >= 15 is 0 Å². The zero-order valence-electron chi connectivity index (χ0n) is 20.7. The molecule has 0 bridgehead atoms. The first-order valence-electron chi connectivity index (χ1n) is 11.8. The molecule has 3 rings (SSSR count). The number of fused-ring (bicyclic) bond motifs is 1. The van der Waals surface area contributed by atoms with Gasteiger partial charge in [0.2, 0.25) is 5.91 Å². The molecule has 1 atom stereocenters. The van der Waals surface area contributed by atoms with Crippen molar-refractivity contribution in [2.24, 2.45) is 5.92 Å². The number of carbonyl (C=O) groups excluding carboxylic acids is 3. The molecule has 0 spiro atoms. The summed E-state index contributed by atoms with van der Waals surface area (Å²) in [6.45, 7) is 9.63. The summed E-state index contributed by atoms with van der Waals surface area (Å²) in [6.07, 6.45) is 1.79. The Kier molecular flexibility index (Phi) is 7.96. The lowest BCUT2D eigenvalue weighted by Gasteiger charge is -2.40. The molecule has 2 heterocycles. The third-order valence-electron chi connectivity index (χ3n) is 6.08. The van der Waals surface area contributed by atoms with Crippen molar-refractivity contribution in [1.29, 1.82) is 0 Å². The Morgan fingerprint density at radius 1 is 1.21 bits per heavy atom. The van der Waals surface area contributed by atoms with Crippen LogP contribution in [0, 0.1) is 5.92 Å². The van der Waals surface area contributed by atoms with Gasteiger partial charge in [-0.05, 0) is 43.4 Å². The number of likely N-dealkylation sites (N-methyl/N-ethyl adjacent to an activating group) is 1.